The summed E-state index contributed by atoms with van der Waals surface area (Å²) in [6.07, 6.45) is -2.63. The molecule has 1 aromatic heterocycles. The maximum atomic E-state index is 13.0. The Hall–Kier alpha value is -1.75. The first-order chi connectivity index (χ1) is 10.8. The summed E-state index contributed by atoms with van der Waals surface area (Å²) in [5, 5.41) is -0.135. The molecule has 1 aliphatic heterocycles. The molecule has 1 unspecified atom stereocenters. The molecule has 1 fully saturated rings. The van der Waals surface area contributed by atoms with Crippen LogP contribution in [0.3, 0.4) is 0 Å². The highest BCUT2D eigenvalue weighted by atomic mass is 35.5. The summed E-state index contributed by atoms with van der Waals surface area (Å²) in [4.78, 5) is 6.02. The Morgan fingerprint density at radius 3 is 2.52 bits per heavy atom. The van der Waals surface area contributed by atoms with Gasteiger partial charge in [-0.05, 0) is 37.5 Å². The molecule has 2 aromatic rings. The van der Waals surface area contributed by atoms with Gasteiger partial charge in [-0.25, -0.2) is 4.98 Å². The monoisotopic (exact) mass is 340 g/mol. The van der Waals surface area contributed by atoms with Gasteiger partial charge in [0.15, 0.2) is 0 Å². The van der Waals surface area contributed by atoms with Crippen molar-refractivity contribution < 1.29 is 13.2 Å². The molecule has 23 heavy (non-hydrogen) atoms. The molecular weight excluding hydrogens is 325 g/mol. The largest absolute Gasteiger partial charge is 0.416 e. The van der Waals surface area contributed by atoms with Gasteiger partial charge in [0.2, 0.25) is 0 Å². The SMILES string of the molecule is Cc1ccc(C2CCCN2c2cc(C(F)(F)F)cc(Cl)n2)cc1. The van der Waals surface area contributed by atoms with Crippen LogP contribution in [0.15, 0.2) is 36.4 Å². The van der Waals surface area contributed by atoms with Gasteiger partial charge in [-0.3, -0.25) is 0 Å². The van der Waals surface area contributed by atoms with Crippen LogP contribution in [-0.2, 0) is 6.18 Å². The number of aryl methyl sites for hydroxylation is 1. The van der Waals surface area contributed by atoms with Crippen LogP contribution in [0.5, 0.6) is 0 Å². The molecule has 1 saturated heterocycles. The summed E-state index contributed by atoms with van der Waals surface area (Å²) in [7, 11) is 0. The maximum absolute atomic E-state index is 13.0. The second-order valence-corrected chi connectivity index (χ2v) is 6.18. The van der Waals surface area contributed by atoms with E-state index in [9.17, 15) is 13.2 Å². The van der Waals surface area contributed by atoms with E-state index in [2.05, 4.69) is 4.98 Å². The standard InChI is InChI=1S/C17H16ClF3N2/c1-11-4-6-12(7-5-11)14-3-2-8-23(14)16-10-13(17(19,20)21)9-15(18)22-16/h4-7,9-10,14H,2-3,8H2,1H3. The van der Waals surface area contributed by atoms with Gasteiger partial charge >= 0.3 is 6.18 Å². The average molecular weight is 341 g/mol. The van der Waals surface area contributed by atoms with Crippen LogP contribution in [0.25, 0.3) is 0 Å². The number of hydrogen-bond donors (Lipinski definition) is 0. The third kappa shape index (κ3) is 3.44. The smallest absolute Gasteiger partial charge is 0.350 e. The lowest BCUT2D eigenvalue weighted by atomic mass is 10.0. The number of pyridine rings is 1. The van der Waals surface area contributed by atoms with Crippen LogP contribution in [0.1, 0.15) is 35.6 Å². The number of anilines is 1. The first-order valence-corrected chi connectivity index (χ1v) is 7.80. The van der Waals surface area contributed by atoms with Gasteiger partial charge in [-0.1, -0.05) is 41.4 Å². The van der Waals surface area contributed by atoms with Crippen molar-refractivity contribution in [2.45, 2.75) is 32.0 Å². The van der Waals surface area contributed by atoms with Crippen molar-refractivity contribution in [2.75, 3.05) is 11.4 Å². The number of nitrogens with zero attached hydrogens (tertiary/aromatic N) is 2. The summed E-state index contributed by atoms with van der Waals surface area (Å²) in [6, 6.07) is 10.0. The van der Waals surface area contributed by atoms with Crippen LogP contribution in [0.2, 0.25) is 5.15 Å². The first-order valence-electron chi connectivity index (χ1n) is 7.42. The van der Waals surface area contributed by atoms with E-state index >= 15 is 0 Å². The van der Waals surface area contributed by atoms with Gasteiger partial charge in [0, 0.05) is 6.54 Å². The molecule has 122 valence electrons. The van der Waals surface area contributed by atoms with Gasteiger partial charge in [0.1, 0.15) is 11.0 Å². The zero-order chi connectivity index (χ0) is 16.6. The molecule has 0 radical (unpaired) electrons. The minimum absolute atomic E-state index is 0.0302. The molecule has 1 aliphatic rings. The van der Waals surface area contributed by atoms with Gasteiger partial charge in [-0.15, -0.1) is 0 Å². The fraction of sp³-hybridized carbons (Fsp3) is 0.353. The quantitative estimate of drug-likeness (QED) is 0.680. The Bertz CT molecular complexity index is 698. The summed E-state index contributed by atoms with van der Waals surface area (Å²) in [5.41, 5.74) is 1.48. The Balaban J connectivity index is 1.97. The minimum atomic E-state index is -4.43. The predicted molar refractivity (Wildman–Crippen MR) is 84.7 cm³/mol. The number of alkyl halides is 3. The lowest BCUT2D eigenvalue weighted by Gasteiger charge is -2.27. The van der Waals surface area contributed by atoms with Crippen LogP contribution in [0, 0.1) is 6.92 Å². The van der Waals surface area contributed by atoms with Gasteiger partial charge in [0.05, 0.1) is 11.6 Å². The number of hydrogen-bond acceptors (Lipinski definition) is 2. The number of aromatic nitrogens is 1. The second kappa shape index (κ2) is 6.04. The summed E-state index contributed by atoms with van der Waals surface area (Å²) in [5.74, 6) is 0.285. The van der Waals surface area contributed by atoms with Gasteiger partial charge < -0.3 is 4.90 Å². The van der Waals surface area contributed by atoms with E-state index in [-0.39, 0.29) is 17.0 Å². The van der Waals surface area contributed by atoms with Gasteiger partial charge in [-0.2, -0.15) is 13.2 Å². The Kier molecular flexibility index (Phi) is 4.23. The number of rotatable bonds is 2. The fourth-order valence-corrected chi connectivity index (χ4v) is 3.17. The molecule has 1 aromatic carbocycles. The Morgan fingerprint density at radius 1 is 1.17 bits per heavy atom. The van der Waals surface area contributed by atoms with E-state index in [1.165, 1.54) is 0 Å². The fourth-order valence-electron chi connectivity index (χ4n) is 2.97. The normalized spacial score (nSPS) is 18.5. The van der Waals surface area contributed by atoms with Crippen molar-refractivity contribution in [2.24, 2.45) is 0 Å². The summed E-state index contributed by atoms with van der Waals surface area (Å²) < 4.78 is 39.0. The summed E-state index contributed by atoms with van der Waals surface area (Å²) in [6.45, 7) is 2.67. The molecule has 0 saturated carbocycles. The number of benzene rings is 1. The molecular formula is C17H16ClF3N2. The van der Waals surface area contributed by atoms with E-state index < -0.39 is 11.7 Å². The van der Waals surface area contributed by atoms with Crippen molar-refractivity contribution in [3.63, 3.8) is 0 Å². The van der Waals surface area contributed by atoms with Crippen molar-refractivity contribution in [1.29, 1.82) is 0 Å². The molecule has 2 heterocycles. The molecule has 3 rings (SSSR count). The predicted octanol–water partition coefficient (Wildman–Crippen LogP) is 5.40. The van der Waals surface area contributed by atoms with Crippen LogP contribution >= 0.6 is 11.6 Å². The van der Waals surface area contributed by atoms with Crippen LogP contribution in [0.4, 0.5) is 19.0 Å². The summed E-state index contributed by atoms with van der Waals surface area (Å²) >= 11 is 5.81. The van der Waals surface area contributed by atoms with E-state index in [1.807, 2.05) is 36.1 Å². The molecule has 0 spiro atoms. The molecule has 6 heteroatoms. The highest BCUT2D eigenvalue weighted by molar-refractivity contribution is 6.29. The van der Waals surface area contributed by atoms with Crippen molar-refractivity contribution >= 4 is 17.4 Å². The second-order valence-electron chi connectivity index (χ2n) is 5.80. The van der Waals surface area contributed by atoms with E-state index in [1.54, 1.807) is 0 Å². The third-order valence-electron chi connectivity index (χ3n) is 4.12. The number of halogens is 4. The zero-order valence-corrected chi connectivity index (χ0v) is 13.3. The topological polar surface area (TPSA) is 16.1 Å². The van der Waals surface area contributed by atoms with Crippen LogP contribution < -0.4 is 4.90 Å². The molecule has 0 amide bonds. The van der Waals surface area contributed by atoms with Crippen molar-refractivity contribution in [1.82, 2.24) is 4.98 Å². The maximum Gasteiger partial charge on any atom is 0.416 e. The van der Waals surface area contributed by atoms with Crippen LogP contribution in [-0.4, -0.2) is 11.5 Å². The van der Waals surface area contributed by atoms with E-state index in [0.717, 1.165) is 36.1 Å². The molecule has 0 bridgehead atoms. The van der Waals surface area contributed by atoms with Gasteiger partial charge in [0.25, 0.3) is 0 Å². The highest BCUT2D eigenvalue weighted by Gasteiger charge is 2.34. The third-order valence-corrected chi connectivity index (χ3v) is 4.31. The average Bonchev–Trinajstić information content (AvgIpc) is 2.96. The molecule has 0 N–H and O–H groups in total. The molecule has 2 nitrogen and oxygen atoms in total. The minimum Gasteiger partial charge on any atom is -0.350 e. The lowest BCUT2D eigenvalue weighted by Crippen LogP contribution is -2.24. The van der Waals surface area contributed by atoms with Crippen molar-refractivity contribution in [3.05, 3.63) is 58.2 Å². The highest BCUT2D eigenvalue weighted by Crippen LogP contribution is 2.38. The Labute approximate surface area is 137 Å². The first kappa shape index (κ1) is 16.1. The lowest BCUT2D eigenvalue weighted by molar-refractivity contribution is -0.137. The van der Waals surface area contributed by atoms with E-state index in [4.69, 9.17) is 11.6 Å². The van der Waals surface area contributed by atoms with E-state index in [0.29, 0.717) is 6.54 Å². The Morgan fingerprint density at radius 2 is 1.87 bits per heavy atom. The van der Waals surface area contributed by atoms with Crippen molar-refractivity contribution in [3.8, 4) is 0 Å². The molecule has 1 atom stereocenters. The molecule has 0 aliphatic carbocycles. The zero-order valence-electron chi connectivity index (χ0n) is 12.6.